The zero-order valence-electron chi connectivity index (χ0n) is 12.1. The maximum absolute atomic E-state index is 12.3. The third kappa shape index (κ3) is 4.32. The Morgan fingerprint density at radius 2 is 2.18 bits per heavy atom. The minimum atomic E-state index is -3.16. The zero-order valence-corrected chi connectivity index (χ0v) is 13.7. The number of nitrogens with zero attached hydrogens (tertiary/aromatic N) is 1. The van der Waals surface area contributed by atoms with Crippen LogP contribution < -0.4 is 5.32 Å². The molecule has 2 rings (SSSR count). The van der Waals surface area contributed by atoms with Crippen LogP contribution in [0.5, 0.6) is 0 Å². The second-order valence-electron chi connectivity index (χ2n) is 5.14. The van der Waals surface area contributed by atoms with Gasteiger partial charge in [-0.15, -0.1) is 0 Å². The number of carbonyl (C=O) groups is 1. The van der Waals surface area contributed by atoms with E-state index in [-0.39, 0.29) is 11.7 Å². The normalized spacial score (nSPS) is 12.9. The number of aromatic nitrogens is 2. The summed E-state index contributed by atoms with van der Waals surface area (Å²) in [6, 6.07) is 6.52. The van der Waals surface area contributed by atoms with Crippen LogP contribution in [0.15, 0.2) is 30.5 Å². The molecular formula is C14H16ClN3O3S. The smallest absolute Gasteiger partial charge is 0.255 e. The van der Waals surface area contributed by atoms with Crippen LogP contribution in [0, 0.1) is 0 Å². The number of nitrogens with one attached hydrogen (secondary N) is 2. The van der Waals surface area contributed by atoms with Gasteiger partial charge in [-0.05, 0) is 19.1 Å². The van der Waals surface area contributed by atoms with Crippen molar-refractivity contribution in [1.29, 1.82) is 0 Å². The van der Waals surface area contributed by atoms with Gasteiger partial charge >= 0.3 is 0 Å². The highest BCUT2D eigenvalue weighted by Crippen LogP contribution is 2.23. The Morgan fingerprint density at radius 3 is 2.82 bits per heavy atom. The number of benzene rings is 1. The molecule has 8 heteroatoms. The standard InChI is InChI=1S/C14H16ClN3O3S/c1-9(8-22(2,20)21)17-14(19)12-7-16-18-13(12)10-4-3-5-11(15)6-10/h3-7,9H,8H2,1-2H3,(H,16,18)(H,17,19)/t9-/m1/s1. The lowest BCUT2D eigenvalue weighted by molar-refractivity contribution is 0.0944. The molecule has 0 radical (unpaired) electrons. The van der Waals surface area contributed by atoms with Gasteiger partial charge in [0.2, 0.25) is 0 Å². The van der Waals surface area contributed by atoms with Gasteiger partial charge in [0, 0.05) is 22.9 Å². The van der Waals surface area contributed by atoms with Crippen molar-refractivity contribution in [3.63, 3.8) is 0 Å². The molecule has 1 atom stereocenters. The maximum atomic E-state index is 12.3. The number of carbonyl (C=O) groups excluding carboxylic acids is 1. The van der Waals surface area contributed by atoms with Crippen LogP contribution in [0.4, 0.5) is 0 Å². The number of hydrogen-bond donors (Lipinski definition) is 2. The minimum Gasteiger partial charge on any atom is -0.348 e. The third-order valence-corrected chi connectivity index (χ3v) is 4.27. The van der Waals surface area contributed by atoms with E-state index in [9.17, 15) is 13.2 Å². The Hall–Kier alpha value is -1.86. The number of halogens is 1. The van der Waals surface area contributed by atoms with Gasteiger partial charge in [0.25, 0.3) is 5.91 Å². The molecule has 2 N–H and O–H groups in total. The highest BCUT2D eigenvalue weighted by Gasteiger charge is 2.19. The molecule has 0 saturated heterocycles. The summed E-state index contributed by atoms with van der Waals surface area (Å²) >= 11 is 5.95. The highest BCUT2D eigenvalue weighted by molar-refractivity contribution is 7.90. The first kappa shape index (κ1) is 16.5. The Kier molecular flexibility index (Phi) is 4.87. The molecule has 0 saturated carbocycles. The van der Waals surface area contributed by atoms with Gasteiger partial charge < -0.3 is 5.32 Å². The van der Waals surface area contributed by atoms with E-state index in [1.807, 2.05) is 0 Å². The molecule has 2 aromatic rings. The van der Waals surface area contributed by atoms with E-state index in [1.165, 1.54) is 6.20 Å². The molecule has 1 amide bonds. The fraction of sp³-hybridized carbons (Fsp3) is 0.286. The van der Waals surface area contributed by atoms with Crippen LogP contribution in [-0.2, 0) is 9.84 Å². The summed E-state index contributed by atoms with van der Waals surface area (Å²) in [6.45, 7) is 1.64. The fourth-order valence-electron chi connectivity index (χ4n) is 2.12. The highest BCUT2D eigenvalue weighted by atomic mass is 35.5. The van der Waals surface area contributed by atoms with Crippen molar-refractivity contribution in [3.8, 4) is 11.3 Å². The number of amides is 1. The predicted octanol–water partition coefficient (Wildman–Crippen LogP) is 1.89. The minimum absolute atomic E-state index is 0.122. The number of H-pyrrole nitrogens is 1. The lowest BCUT2D eigenvalue weighted by Gasteiger charge is -2.12. The van der Waals surface area contributed by atoms with Crippen molar-refractivity contribution >= 4 is 27.3 Å². The molecule has 0 aliphatic rings. The van der Waals surface area contributed by atoms with Crippen LogP contribution in [0.2, 0.25) is 5.02 Å². The molecule has 0 aliphatic heterocycles. The zero-order chi connectivity index (χ0) is 16.3. The first-order valence-corrected chi connectivity index (χ1v) is 8.98. The van der Waals surface area contributed by atoms with E-state index < -0.39 is 15.9 Å². The number of sulfone groups is 1. The first-order valence-electron chi connectivity index (χ1n) is 6.54. The van der Waals surface area contributed by atoms with E-state index in [1.54, 1.807) is 31.2 Å². The molecule has 6 nitrogen and oxygen atoms in total. The first-order chi connectivity index (χ1) is 10.3. The summed E-state index contributed by atoms with van der Waals surface area (Å²) in [5, 5.41) is 9.85. The quantitative estimate of drug-likeness (QED) is 0.868. The Bertz CT molecular complexity index is 786. The second kappa shape index (κ2) is 6.50. The summed E-state index contributed by atoms with van der Waals surface area (Å²) in [5.41, 5.74) is 1.60. The van der Waals surface area contributed by atoms with Gasteiger partial charge in [-0.2, -0.15) is 5.10 Å². The van der Waals surface area contributed by atoms with Gasteiger partial charge in [-0.3, -0.25) is 9.89 Å². The van der Waals surface area contributed by atoms with Crippen molar-refractivity contribution in [1.82, 2.24) is 15.5 Å². The Labute approximate surface area is 133 Å². The predicted molar refractivity (Wildman–Crippen MR) is 85.7 cm³/mol. The van der Waals surface area contributed by atoms with E-state index in [0.717, 1.165) is 11.8 Å². The van der Waals surface area contributed by atoms with Crippen molar-refractivity contribution in [2.45, 2.75) is 13.0 Å². The topological polar surface area (TPSA) is 91.9 Å². The summed E-state index contributed by atoms with van der Waals surface area (Å²) in [7, 11) is -3.16. The summed E-state index contributed by atoms with van der Waals surface area (Å²) in [5.74, 6) is -0.511. The molecule has 1 heterocycles. The molecule has 22 heavy (non-hydrogen) atoms. The van der Waals surface area contributed by atoms with Crippen LogP contribution >= 0.6 is 11.6 Å². The van der Waals surface area contributed by atoms with Crippen molar-refractivity contribution < 1.29 is 13.2 Å². The molecule has 0 spiro atoms. The molecule has 118 valence electrons. The molecule has 0 bridgehead atoms. The molecule has 1 aromatic carbocycles. The third-order valence-electron chi connectivity index (χ3n) is 2.93. The SMILES string of the molecule is C[C@H](CS(C)(=O)=O)NC(=O)c1cn[nH]c1-c1cccc(Cl)c1. The largest absolute Gasteiger partial charge is 0.348 e. The van der Waals surface area contributed by atoms with Gasteiger partial charge in [0.05, 0.1) is 23.2 Å². The Balaban J connectivity index is 2.20. The van der Waals surface area contributed by atoms with Crippen molar-refractivity contribution in [3.05, 3.63) is 41.0 Å². The van der Waals surface area contributed by atoms with Crippen LogP contribution in [-0.4, -0.2) is 42.6 Å². The van der Waals surface area contributed by atoms with Gasteiger partial charge in [-0.1, -0.05) is 23.7 Å². The summed E-state index contributed by atoms with van der Waals surface area (Å²) in [6.07, 6.45) is 2.53. The summed E-state index contributed by atoms with van der Waals surface area (Å²) in [4.78, 5) is 12.3. The number of rotatable bonds is 5. The molecule has 0 fully saturated rings. The van der Waals surface area contributed by atoms with Crippen molar-refractivity contribution in [2.24, 2.45) is 0 Å². The Morgan fingerprint density at radius 1 is 1.45 bits per heavy atom. The second-order valence-corrected chi connectivity index (χ2v) is 7.76. The van der Waals surface area contributed by atoms with Gasteiger partial charge in [-0.25, -0.2) is 8.42 Å². The van der Waals surface area contributed by atoms with Crippen LogP contribution in [0.1, 0.15) is 17.3 Å². The van der Waals surface area contributed by atoms with Crippen LogP contribution in [0.3, 0.4) is 0 Å². The maximum Gasteiger partial charge on any atom is 0.255 e. The average molecular weight is 342 g/mol. The van der Waals surface area contributed by atoms with E-state index in [0.29, 0.717) is 16.3 Å². The monoisotopic (exact) mass is 341 g/mol. The summed E-state index contributed by atoms with van der Waals surface area (Å²) < 4.78 is 22.5. The van der Waals surface area contributed by atoms with Gasteiger partial charge in [0.15, 0.2) is 0 Å². The average Bonchev–Trinajstić information content (AvgIpc) is 2.85. The van der Waals surface area contributed by atoms with E-state index >= 15 is 0 Å². The fourth-order valence-corrected chi connectivity index (χ4v) is 3.30. The lowest BCUT2D eigenvalue weighted by atomic mass is 10.1. The molecular weight excluding hydrogens is 326 g/mol. The van der Waals surface area contributed by atoms with Gasteiger partial charge in [0.1, 0.15) is 9.84 Å². The van der Waals surface area contributed by atoms with Crippen LogP contribution in [0.25, 0.3) is 11.3 Å². The molecule has 1 aromatic heterocycles. The number of hydrogen-bond acceptors (Lipinski definition) is 4. The van der Waals surface area contributed by atoms with Crippen molar-refractivity contribution in [2.75, 3.05) is 12.0 Å². The lowest BCUT2D eigenvalue weighted by Crippen LogP contribution is -2.37. The van der Waals surface area contributed by atoms with E-state index in [4.69, 9.17) is 11.6 Å². The number of aromatic amines is 1. The molecule has 0 aliphatic carbocycles. The van der Waals surface area contributed by atoms with E-state index in [2.05, 4.69) is 15.5 Å². The molecule has 0 unspecified atom stereocenters.